The van der Waals surface area contributed by atoms with Crippen molar-refractivity contribution in [2.24, 2.45) is 11.1 Å². The standard InChI is InChI=1S/C21H24N4O3/c1-25(2)11-21(7-8-21)12-28-14-3-5-16-13(9-14)10-18(23-16)15-4-6-17(19(22)26)24-20(15)27/h3-6,9-10,23H,7-8,11-12H2,1-2H3,(H2,22,26)(H,24,27). The van der Waals surface area contributed by atoms with Crippen molar-refractivity contribution in [3.63, 3.8) is 0 Å². The van der Waals surface area contributed by atoms with Gasteiger partial charge in [0.05, 0.1) is 17.9 Å². The molecule has 0 saturated heterocycles. The van der Waals surface area contributed by atoms with Crippen LogP contribution in [-0.2, 0) is 0 Å². The third-order valence-electron chi connectivity index (χ3n) is 5.21. The van der Waals surface area contributed by atoms with Gasteiger partial charge < -0.3 is 25.3 Å². The highest BCUT2D eigenvalue weighted by Gasteiger charge is 2.43. The average molecular weight is 380 g/mol. The molecule has 1 amide bonds. The summed E-state index contributed by atoms with van der Waals surface area (Å²) in [5.41, 5.74) is 7.25. The zero-order chi connectivity index (χ0) is 19.9. The Morgan fingerprint density at radius 2 is 1.96 bits per heavy atom. The van der Waals surface area contributed by atoms with Crippen LogP contribution < -0.4 is 16.0 Å². The van der Waals surface area contributed by atoms with E-state index in [1.807, 2.05) is 24.3 Å². The van der Waals surface area contributed by atoms with E-state index in [0.717, 1.165) is 23.2 Å². The van der Waals surface area contributed by atoms with Crippen molar-refractivity contribution < 1.29 is 9.53 Å². The molecule has 0 atom stereocenters. The number of H-pyrrole nitrogens is 2. The number of nitrogens with one attached hydrogen (secondary N) is 2. The van der Waals surface area contributed by atoms with Crippen LogP contribution in [0.3, 0.4) is 0 Å². The smallest absolute Gasteiger partial charge is 0.265 e. The maximum absolute atomic E-state index is 12.3. The number of aromatic amines is 2. The first-order chi connectivity index (χ1) is 13.3. The zero-order valence-electron chi connectivity index (χ0n) is 16.0. The normalized spacial score (nSPS) is 15.1. The van der Waals surface area contributed by atoms with E-state index < -0.39 is 5.91 Å². The molecule has 7 nitrogen and oxygen atoms in total. The van der Waals surface area contributed by atoms with E-state index in [-0.39, 0.29) is 16.7 Å². The van der Waals surface area contributed by atoms with Crippen molar-refractivity contribution in [3.05, 3.63) is 52.4 Å². The monoisotopic (exact) mass is 380 g/mol. The Hall–Kier alpha value is -3.06. The molecule has 2 aromatic heterocycles. The van der Waals surface area contributed by atoms with Crippen molar-refractivity contribution in [2.75, 3.05) is 27.2 Å². The van der Waals surface area contributed by atoms with E-state index >= 15 is 0 Å². The summed E-state index contributed by atoms with van der Waals surface area (Å²) < 4.78 is 6.06. The van der Waals surface area contributed by atoms with Gasteiger partial charge in [0.1, 0.15) is 11.4 Å². The Kier molecular flexibility index (Phi) is 4.47. The number of primary amides is 1. The van der Waals surface area contributed by atoms with E-state index in [4.69, 9.17) is 10.5 Å². The number of hydrogen-bond acceptors (Lipinski definition) is 4. The van der Waals surface area contributed by atoms with Crippen LogP contribution in [0.25, 0.3) is 22.2 Å². The molecule has 4 N–H and O–H groups in total. The number of pyridine rings is 1. The van der Waals surface area contributed by atoms with Crippen molar-refractivity contribution in [2.45, 2.75) is 12.8 Å². The van der Waals surface area contributed by atoms with E-state index in [2.05, 4.69) is 29.0 Å². The lowest BCUT2D eigenvalue weighted by atomic mass is 10.1. The maximum atomic E-state index is 12.3. The molecule has 3 aromatic rings. The number of nitrogens with zero attached hydrogens (tertiary/aromatic N) is 1. The predicted molar refractivity (Wildman–Crippen MR) is 109 cm³/mol. The first-order valence-electron chi connectivity index (χ1n) is 9.29. The van der Waals surface area contributed by atoms with E-state index in [9.17, 15) is 9.59 Å². The SMILES string of the molecule is CN(C)CC1(COc2ccc3[nH]c(-c4ccc(C(N)=O)[nH]c4=O)cc3c2)CC1. The molecular formula is C21H24N4O3. The van der Waals surface area contributed by atoms with E-state index in [1.54, 1.807) is 6.07 Å². The molecule has 0 unspecified atom stereocenters. The summed E-state index contributed by atoms with van der Waals surface area (Å²) in [6.45, 7) is 1.75. The fourth-order valence-electron chi connectivity index (χ4n) is 3.61. The molecule has 0 bridgehead atoms. The molecule has 146 valence electrons. The summed E-state index contributed by atoms with van der Waals surface area (Å²) >= 11 is 0. The van der Waals surface area contributed by atoms with Crippen LogP contribution in [0.2, 0.25) is 0 Å². The zero-order valence-corrected chi connectivity index (χ0v) is 16.0. The number of benzene rings is 1. The second kappa shape index (κ2) is 6.83. The second-order valence-corrected chi connectivity index (χ2v) is 7.94. The summed E-state index contributed by atoms with van der Waals surface area (Å²) in [6.07, 6.45) is 2.40. The number of amides is 1. The molecule has 1 aliphatic carbocycles. The number of carbonyl (C=O) groups excluding carboxylic acids is 1. The molecule has 1 saturated carbocycles. The molecule has 4 rings (SSSR count). The van der Waals surface area contributed by atoms with Gasteiger partial charge in [-0.05, 0) is 63.3 Å². The fourth-order valence-corrected chi connectivity index (χ4v) is 3.61. The maximum Gasteiger partial charge on any atom is 0.265 e. The van der Waals surface area contributed by atoms with Gasteiger partial charge in [0.2, 0.25) is 0 Å². The van der Waals surface area contributed by atoms with Crippen LogP contribution in [-0.4, -0.2) is 48.0 Å². The Morgan fingerprint density at radius 1 is 1.18 bits per heavy atom. The van der Waals surface area contributed by atoms with Gasteiger partial charge in [0, 0.05) is 22.9 Å². The highest BCUT2D eigenvalue weighted by atomic mass is 16.5. The minimum atomic E-state index is -0.662. The van der Waals surface area contributed by atoms with Gasteiger partial charge in [-0.15, -0.1) is 0 Å². The number of ether oxygens (including phenoxy) is 1. The van der Waals surface area contributed by atoms with Crippen molar-refractivity contribution in [3.8, 4) is 17.0 Å². The number of aromatic nitrogens is 2. The summed E-state index contributed by atoms with van der Waals surface area (Å²) in [5, 5.41) is 0.961. The molecule has 0 aliphatic heterocycles. The lowest BCUT2D eigenvalue weighted by Gasteiger charge is -2.20. The summed E-state index contributed by atoms with van der Waals surface area (Å²) in [6, 6.07) is 10.9. The van der Waals surface area contributed by atoms with Crippen LogP contribution in [0, 0.1) is 5.41 Å². The van der Waals surface area contributed by atoms with Gasteiger partial charge in [0.15, 0.2) is 0 Å². The van der Waals surface area contributed by atoms with Gasteiger partial charge in [-0.25, -0.2) is 0 Å². The minimum absolute atomic E-state index is 0.0901. The van der Waals surface area contributed by atoms with Crippen LogP contribution in [0.4, 0.5) is 0 Å². The highest BCUT2D eigenvalue weighted by Crippen LogP contribution is 2.46. The van der Waals surface area contributed by atoms with Gasteiger partial charge in [0.25, 0.3) is 11.5 Å². The summed E-state index contributed by atoms with van der Waals surface area (Å²) in [4.78, 5) is 31.4. The molecule has 0 spiro atoms. The third-order valence-corrected chi connectivity index (χ3v) is 5.21. The highest BCUT2D eigenvalue weighted by molar-refractivity contribution is 5.91. The quantitative estimate of drug-likeness (QED) is 0.585. The third kappa shape index (κ3) is 3.66. The van der Waals surface area contributed by atoms with Crippen LogP contribution in [0.5, 0.6) is 5.75 Å². The van der Waals surface area contributed by atoms with Crippen LogP contribution in [0.15, 0.2) is 41.2 Å². The largest absolute Gasteiger partial charge is 0.493 e. The molecule has 7 heteroatoms. The Balaban J connectivity index is 1.55. The number of rotatable bonds is 7. The number of hydrogen-bond donors (Lipinski definition) is 3. The Bertz CT molecular complexity index is 1090. The second-order valence-electron chi connectivity index (χ2n) is 7.94. The van der Waals surface area contributed by atoms with Gasteiger partial charge >= 0.3 is 0 Å². The predicted octanol–water partition coefficient (Wildman–Crippen LogP) is 2.34. The van der Waals surface area contributed by atoms with Crippen molar-refractivity contribution >= 4 is 16.8 Å². The number of carbonyl (C=O) groups is 1. The van der Waals surface area contributed by atoms with Gasteiger partial charge in [-0.3, -0.25) is 9.59 Å². The lowest BCUT2D eigenvalue weighted by Crippen LogP contribution is -2.27. The summed E-state index contributed by atoms with van der Waals surface area (Å²) in [7, 11) is 4.18. The Morgan fingerprint density at radius 3 is 2.61 bits per heavy atom. The van der Waals surface area contributed by atoms with Crippen LogP contribution >= 0.6 is 0 Å². The molecule has 1 aromatic carbocycles. The molecule has 2 heterocycles. The molecular weight excluding hydrogens is 356 g/mol. The van der Waals surface area contributed by atoms with E-state index in [1.165, 1.54) is 18.9 Å². The summed E-state index contributed by atoms with van der Waals surface area (Å²) in [5.74, 6) is 0.158. The van der Waals surface area contributed by atoms with Gasteiger partial charge in [-0.2, -0.15) is 0 Å². The molecule has 1 aliphatic rings. The number of fused-ring (bicyclic) bond motifs is 1. The first-order valence-corrected chi connectivity index (χ1v) is 9.29. The molecule has 0 radical (unpaired) electrons. The van der Waals surface area contributed by atoms with Crippen molar-refractivity contribution in [1.29, 1.82) is 0 Å². The fraction of sp³-hybridized carbons (Fsp3) is 0.333. The molecule has 1 fully saturated rings. The number of nitrogens with two attached hydrogens (primary N) is 1. The topological polar surface area (TPSA) is 104 Å². The van der Waals surface area contributed by atoms with Crippen molar-refractivity contribution in [1.82, 2.24) is 14.9 Å². The van der Waals surface area contributed by atoms with E-state index in [0.29, 0.717) is 17.9 Å². The lowest BCUT2D eigenvalue weighted by molar-refractivity contribution is 0.0995. The van der Waals surface area contributed by atoms with Crippen LogP contribution in [0.1, 0.15) is 23.3 Å². The minimum Gasteiger partial charge on any atom is -0.493 e. The molecule has 28 heavy (non-hydrogen) atoms. The average Bonchev–Trinajstić information content (AvgIpc) is 3.26. The first kappa shape index (κ1) is 18.3. The Labute approximate surface area is 162 Å². The van der Waals surface area contributed by atoms with Gasteiger partial charge in [-0.1, -0.05) is 0 Å².